The van der Waals surface area contributed by atoms with Crippen LogP contribution in [0.15, 0.2) is 0 Å². The van der Waals surface area contributed by atoms with Crippen molar-refractivity contribution in [3.05, 3.63) is 0 Å². The fraction of sp³-hybridized carbons (Fsp3) is 1.00. The number of piperidine rings is 2. The van der Waals surface area contributed by atoms with Crippen molar-refractivity contribution in [1.82, 2.24) is 14.7 Å². The second-order valence-corrected chi connectivity index (χ2v) is 9.52. The molecule has 3 aliphatic rings. The molecule has 0 aromatic carbocycles. The summed E-state index contributed by atoms with van der Waals surface area (Å²) in [6, 6.07) is 2.00. The van der Waals surface area contributed by atoms with Crippen molar-refractivity contribution in [2.24, 2.45) is 11.8 Å². The van der Waals surface area contributed by atoms with E-state index in [1.54, 1.807) is 0 Å². The quantitative estimate of drug-likeness (QED) is 0.747. The Hall–Kier alpha value is -0.190. The average molecular weight is 354 g/mol. The molecule has 4 heteroatoms. The minimum atomic E-state index is -0.681. The van der Waals surface area contributed by atoms with Gasteiger partial charge in [0.25, 0.3) is 0 Å². The van der Waals surface area contributed by atoms with E-state index in [-0.39, 0.29) is 6.04 Å². The van der Waals surface area contributed by atoms with Crippen LogP contribution in [0.1, 0.15) is 59.8 Å². The van der Waals surface area contributed by atoms with Crippen LogP contribution in [-0.2, 0) is 0 Å². The maximum Gasteiger partial charge on any atom is 0.128 e. The fourth-order valence-electron chi connectivity index (χ4n) is 5.26. The third-order valence-electron chi connectivity index (χ3n) is 7.48. The van der Waals surface area contributed by atoms with Gasteiger partial charge in [-0.05, 0) is 77.9 Å². The van der Waals surface area contributed by atoms with Crippen molar-refractivity contribution in [2.75, 3.05) is 33.2 Å². The Morgan fingerprint density at radius 2 is 1.60 bits per heavy atom. The van der Waals surface area contributed by atoms with Crippen molar-refractivity contribution in [1.29, 1.82) is 0 Å². The summed E-state index contributed by atoms with van der Waals surface area (Å²) in [6.07, 6.45) is 5.29. The zero-order valence-electron chi connectivity index (χ0n) is 17.1. The Morgan fingerprint density at radius 1 is 0.960 bits per heavy atom. The molecule has 0 bridgehead atoms. The van der Waals surface area contributed by atoms with Crippen molar-refractivity contribution in [2.45, 2.75) is 90.1 Å². The summed E-state index contributed by atoms with van der Waals surface area (Å²) >= 11 is 0. The van der Waals surface area contributed by atoms with Gasteiger partial charge in [0.1, 0.15) is 6.17 Å². The van der Waals surface area contributed by atoms with Gasteiger partial charge < -0.3 is 4.90 Å². The van der Waals surface area contributed by atoms with Crippen molar-refractivity contribution >= 4 is 0 Å². The first-order valence-corrected chi connectivity index (χ1v) is 10.7. The lowest BCUT2D eigenvalue weighted by atomic mass is 9.72. The molecule has 3 fully saturated rings. The fourth-order valence-corrected chi connectivity index (χ4v) is 5.26. The highest BCUT2D eigenvalue weighted by atomic mass is 19.1. The predicted molar refractivity (Wildman–Crippen MR) is 104 cm³/mol. The number of hydrogen-bond donors (Lipinski definition) is 0. The van der Waals surface area contributed by atoms with Gasteiger partial charge in [0.2, 0.25) is 0 Å². The predicted octanol–water partition coefficient (Wildman–Crippen LogP) is 3.64. The topological polar surface area (TPSA) is 9.72 Å². The first kappa shape index (κ1) is 19.6. The van der Waals surface area contributed by atoms with E-state index in [4.69, 9.17) is 0 Å². The van der Waals surface area contributed by atoms with E-state index in [0.29, 0.717) is 24.7 Å². The van der Waals surface area contributed by atoms with E-state index in [1.165, 1.54) is 38.8 Å². The lowest BCUT2D eigenvalue weighted by Gasteiger charge is -2.50. The summed E-state index contributed by atoms with van der Waals surface area (Å²) in [5, 5.41) is 0. The van der Waals surface area contributed by atoms with Crippen molar-refractivity contribution in [3.8, 4) is 0 Å². The van der Waals surface area contributed by atoms with E-state index < -0.39 is 6.17 Å². The number of rotatable bonds is 5. The molecule has 0 spiro atoms. The number of nitrogens with zero attached hydrogens (tertiary/aromatic N) is 3. The highest BCUT2D eigenvalue weighted by Crippen LogP contribution is 2.38. The number of halogens is 1. The SMILES string of the molecule is CC(C)C1CC(N2CC[C@H](N(C)C3CCN(C(C)C)CC3)[C@H](F)C2)C1. The Labute approximate surface area is 154 Å². The molecule has 2 heterocycles. The number of likely N-dealkylation sites (tertiary alicyclic amines) is 2. The van der Waals surface area contributed by atoms with Crippen LogP contribution in [0.5, 0.6) is 0 Å². The molecular formula is C21H40FN3. The van der Waals surface area contributed by atoms with Crippen LogP contribution in [0.3, 0.4) is 0 Å². The molecular weight excluding hydrogens is 313 g/mol. The molecule has 0 unspecified atom stereocenters. The van der Waals surface area contributed by atoms with E-state index in [1.807, 2.05) is 0 Å². The van der Waals surface area contributed by atoms with E-state index in [9.17, 15) is 4.39 Å². The lowest BCUT2D eigenvalue weighted by molar-refractivity contribution is -0.0312. The zero-order chi connectivity index (χ0) is 18.1. The van der Waals surface area contributed by atoms with Crippen LogP contribution >= 0.6 is 0 Å². The molecule has 2 saturated heterocycles. The highest BCUT2D eigenvalue weighted by molar-refractivity contribution is 4.96. The van der Waals surface area contributed by atoms with Crippen LogP contribution < -0.4 is 0 Å². The summed E-state index contributed by atoms with van der Waals surface area (Å²) in [5.41, 5.74) is 0. The molecule has 0 amide bonds. The maximum absolute atomic E-state index is 15.0. The zero-order valence-corrected chi connectivity index (χ0v) is 17.1. The Kier molecular flexibility index (Phi) is 6.44. The van der Waals surface area contributed by atoms with E-state index in [2.05, 4.69) is 49.4 Å². The van der Waals surface area contributed by atoms with Gasteiger partial charge in [0, 0.05) is 37.3 Å². The van der Waals surface area contributed by atoms with Crippen LogP contribution in [0.4, 0.5) is 4.39 Å². The molecule has 0 aromatic heterocycles. The second-order valence-electron chi connectivity index (χ2n) is 9.52. The van der Waals surface area contributed by atoms with Gasteiger partial charge in [-0.2, -0.15) is 0 Å². The average Bonchev–Trinajstić information content (AvgIpc) is 2.52. The summed E-state index contributed by atoms with van der Waals surface area (Å²) < 4.78 is 15.0. The van der Waals surface area contributed by atoms with E-state index in [0.717, 1.165) is 24.8 Å². The van der Waals surface area contributed by atoms with Gasteiger partial charge >= 0.3 is 0 Å². The Balaban J connectivity index is 1.45. The van der Waals surface area contributed by atoms with Crippen LogP contribution in [-0.4, -0.2) is 78.3 Å². The third-order valence-corrected chi connectivity index (χ3v) is 7.48. The molecule has 2 aliphatic heterocycles. The molecule has 1 aliphatic carbocycles. The third kappa shape index (κ3) is 4.39. The summed E-state index contributed by atoms with van der Waals surface area (Å²) in [4.78, 5) is 7.41. The summed E-state index contributed by atoms with van der Waals surface area (Å²) in [6.45, 7) is 13.3. The minimum Gasteiger partial charge on any atom is -0.301 e. The van der Waals surface area contributed by atoms with Crippen molar-refractivity contribution in [3.63, 3.8) is 0 Å². The van der Waals surface area contributed by atoms with Crippen molar-refractivity contribution < 1.29 is 4.39 Å². The number of alkyl halides is 1. The van der Waals surface area contributed by atoms with Gasteiger partial charge in [-0.15, -0.1) is 0 Å². The van der Waals surface area contributed by atoms with Crippen LogP contribution in [0, 0.1) is 11.8 Å². The van der Waals surface area contributed by atoms with Gasteiger partial charge in [-0.1, -0.05) is 13.8 Å². The molecule has 0 radical (unpaired) electrons. The smallest absolute Gasteiger partial charge is 0.128 e. The molecule has 0 N–H and O–H groups in total. The van der Waals surface area contributed by atoms with Gasteiger partial charge in [0.05, 0.1) is 0 Å². The standard InChI is InChI=1S/C21H40FN3/c1-15(2)17-12-19(13-17)25-11-8-21(20(22)14-25)23(5)18-6-9-24(10-7-18)16(3)4/h15-21H,6-14H2,1-5H3/t17?,19?,20-,21+/m1/s1. The molecule has 0 aromatic rings. The molecule has 3 rings (SSSR count). The molecule has 1 saturated carbocycles. The van der Waals surface area contributed by atoms with Crippen LogP contribution in [0.2, 0.25) is 0 Å². The largest absolute Gasteiger partial charge is 0.301 e. The second kappa shape index (κ2) is 8.22. The minimum absolute atomic E-state index is 0.132. The molecule has 25 heavy (non-hydrogen) atoms. The normalized spacial score (nSPS) is 36.4. The first-order chi connectivity index (χ1) is 11.9. The molecule has 2 atom stereocenters. The Morgan fingerprint density at radius 3 is 2.12 bits per heavy atom. The number of hydrogen-bond acceptors (Lipinski definition) is 3. The lowest BCUT2D eigenvalue weighted by Crippen LogP contribution is -2.59. The van der Waals surface area contributed by atoms with Gasteiger partial charge in [0.15, 0.2) is 0 Å². The highest BCUT2D eigenvalue weighted by Gasteiger charge is 2.41. The monoisotopic (exact) mass is 353 g/mol. The van der Waals surface area contributed by atoms with E-state index >= 15 is 0 Å². The summed E-state index contributed by atoms with van der Waals surface area (Å²) in [7, 11) is 2.18. The van der Waals surface area contributed by atoms with Gasteiger partial charge in [-0.3, -0.25) is 9.80 Å². The maximum atomic E-state index is 15.0. The molecule has 3 nitrogen and oxygen atoms in total. The first-order valence-electron chi connectivity index (χ1n) is 10.7. The Bertz CT molecular complexity index is 413. The van der Waals surface area contributed by atoms with Crippen LogP contribution in [0.25, 0.3) is 0 Å². The summed E-state index contributed by atoms with van der Waals surface area (Å²) in [5.74, 6) is 1.66. The van der Waals surface area contributed by atoms with Gasteiger partial charge in [-0.25, -0.2) is 4.39 Å². The molecule has 146 valence electrons.